The van der Waals surface area contributed by atoms with Gasteiger partial charge in [-0.3, -0.25) is 9.59 Å². The number of benzene rings is 2. The van der Waals surface area contributed by atoms with Crippen LogP contribution in [0.4, 0.5) is 11.4 Å². The number of hydrogen-bond donors (Lipinski definition) is 1. The summed E-state index contributed by atoms with van der Waals surface area (Å²) in [6.07, 6.45) is 2.32. The second kappa shape index (κ2) is 9.60. The van der Waals surface area contributed by atoms with E-state index in [0.717, 1.165) is 18.7 Å². The first-order valence-electron chi connectivity index (χ1n) is 9.52. The van der Waals surface area contributed by atoms with Crippen molar-refractivity contribution in [2.24, 2.45) is 0 Å². The summed E-state index contributed by atoms with van der Waals surface area (Å²) < 4.78 is 10.9. The number of ether oxygens (including phenoxy) is 2. The molecule has 0 aromatic heterocycles. The lowest BCUT2D eigenvalue weighted by atomic mass is 10.2. The zero-order valence-electron chi connectivity index (χ0n) is 16.3. The lowest BCUT2D eigenvalue weighted by molar-refractivity contribution is -0.117. The number of carbonyl (C=O) groups is 2. The molecule has 1 saturated heterocycles. The highest BCUT2D eigenvalue weighted by atomic mass is 16.5. The van der Waals surface area contributed by atoms with E-state index >= 15 is 0 Å². The van der Waals surface area contributed by atoms with Gasteiger partial charge in [-0.15, -0.1) is 0 Å². The lowest BCUT2D eigenvalue weighted by Crippen LogP contribution is -2.23. The van der Waals surface area contributed by atoms with Crippen molar-refractivity contribution in [3.63, 3.8) is 0 Å². The molecule has 0 bridgehead atoms. The molecule has 0 spiro atoms. The van der Waals surface area contributed by atoms with Crippen LogP contribution in [0, 0.1) is 11.3 Å². The fourth-order valence-corrected chi connectivity index (χ4v) is 3.14. The van der Waals surface area contributed by atoms with E-state index in [1.165, 1.54) is 7.11 Å². The standard InChI is InChI=1S/C22H23N3O4/c1-28-20-14-16(15-23)6-11-19(20)29-13-3-4-21(26)24-17-7-9-18(10-8-17)25-12-2-5-22(25)27/h6-11,14H,2-5,12-13H2,1H3,(H,24,26). The van der Waals surface area contributed by atoms with Gasteiger partial charge < -0.3 is 19.7 Å². The van der Waals surface area contributed by atoms with Gasteiger partial charge in [-0.1, -0.05) is 0 Å². The molecule has 7 heteroatoms. The van der Waals surface area contributed by atoms with E-state index in [4.69, 9.17) is 14.7 Å². The second-order valence-electron chi connectivity index (χ2n) is 6.67. The third-order valence-electron chi connectivity index (χ3n) is 4.63. The molecule has 1 fully saturated rings. The van der Waals surface area contributed by atoms with Crippen LogP contribution in [0.25, 0.3) is 0 Å². The first-order valence-corrected chi connectivity index (χ1v) is 9.52. The van der Waals surface area contributed by atoms with Gasteiger partial charge in [-0.25, -0.2) is 0 Å². The Bertz CT molecular complexity index is 919. The minimum absolute atomic E-state index is 0.106. The molecule has 0 unspecified atom stereocenters. The zero-order chi connectivity index (χ0) is 20.6. The van der Waals surface area contributed by atoms with E-state index in [0.29, 0.717) is 48.6 Å². The van der Waals surface area contributed by atoms with E-state index in [9.17, 15) is 9.59 Å². The summed E-state index contributed by atoms with van der Waals surface area (Å²) in [7, 11) is 1.52. The van der Waals surface area contributed by atoms with Crippen LogP contribution in [-0.2, 0) is 9.59 Å². The van der Waals surface area contributed by atoms with Gasteiger partial charge in [0.2, 0.25) is 11.8 Å². The summed E-state index contributed by atoms with van der Waals surface area (Å²) in [5.41, 5.74) is 2.05. The first-order chi connectivity index (χ1) is 14.1. The van der Waals surface area contributed by atoms with Crippen LogP contribution in [0.2, 0.25) is 0 Å². The van der Waals surface area contributed by atoms with Gasteiger partial charge in [0.05, 0.1) is 25.3 Å². The smallest absolute Gasteiger partial charge is 0.227 e. The fourth-order valence-electron chi connectivity index (χ4n) is 3.14. The van der Waals surface area contributed by atoms with Gasteiger partial charge in [-0.05, 0) is 49.2 Å². The second-order valence-corrected chi connectivity index (χ2v) is 6.67. The van der Waals surface area contributed by atoms with Crippen molar-refractivity contribution in [3.05, 3.63) is 48.0 Å². The first kappa shape index (κ1) is 20.2. The molecule has 1 aliphatic heterocycles. The SMILES string of the molecule is COc1cc(C#N)ccc1OCCCC(=O)Nc1ccc(N2CCCC2=O)cc1. The predicted octanol–water partition coefficient (Wildman–Crippen LogP) is 3.49. The molecular weight excluding hydrogens is 370 g/mol. The highest BCUT2D eigenvalue weighted by Crippen LogP contribution is 2.28. The molecule has 0 saturated carbocycles. The molecule has 1 aliphatic rings. The molecule has 29 heavy (non-hydrogen) atoms. The number of hydrogen-bond acceptors (Lipinski definition) is 5. The molecule has 7 nitrogen and oxygen atoms in total. The van der Waals surface area contributed by atoms with Crippen molar-refractivity contribution in [1.82, 2.24) is 0 Å². The summed E-state index contributed by atoms with van der Waals surface area (Å²) in [6, 6.07) is 14.3. The molecule has 1 N–H and O–H groups in total. The van der Waals surface area contributed by atoms with E-state index in [1.54, 1.807) is 35.2 Å². The molecule has 3 rings (SSSR count). The van der Waals surface area contributed by atoms with E-state index in [-0.39, 0.29) is 11.8 Å². The van der Waals surface area contributed by atoms with Crippen molar-refractivity contribution < 1.29 is 19.1 Å². The number of rotatable bonds is 8. The van der Waals surface area contributed by atoms with Crippen LogP contribution in [-0.4, -0.2) is 32.1 Å². The third kappa shape index (κ3) is 5.26. The number of anilines is 2. The number of amides is 2. The number of methoxy groups -OCH3 is 1. The van der Waals surface area contributed by atoms with Gasteiger partial charge in [0.15, 0.2) is 11.5 Å². The van der Waals surface area contributed by atoms with Gasteiger partial charge in [0.1, 0.15) is 0 Å². The van der Waals surface area contributed by atoms with Gasteiger partial charge >= 0.3 is 0 Å². The Hall–Kier alpha value is -3.53. The lowest BCUT2D eigenvalue weighted by Gasteiger charge is -2.16. The Kier molecular flexibility index (Phi) is 6.69. The van der Waals surface area contributed by atoms with Crippen LogP contribution in [0.15, 0.2) is 42.5 Å². The summed E-state index contributed by atoms with van der Waals surface area (Å²) in [4.78, 5) is 25.7. The minimum atomic E-state index is -0.106. The van der Waals surface area contributed by atoms with Crippen molar-refractivity contribution in [2.75, 3.05) is 30.5 Å². The summed E-state index contributed by atoms with van der Waals surface area (Å²) in [5.74, 6) is 1.06. The van der Waals surface area contributed by atoms with Crippen molar-refractivity contribution in [1.29, 1.82) is 5.26 Å². The van der Waals surface area contributed by atoms with Gasteiger partial charge in [0.25, 0.3) is 0 Å². The average molecular weight is 393 g/mol. The molecule has 0 atom stereocenters. The molecular formula is C22H23N3O4. The molecule has 2 aromatic carbocycles. The van der Waals surface area contributed by atoms with Gasteiger partial charge in [-0.2, -0.15) is 5.26 Å². The van der Waals surface area contributed by atoms with Crippen LogP contribution in [0.5, 0.6) is 11.5 Å². The predicted molar refractivity (Wildman–Crippen MR) is 109 cm³/mol. The number of nitriles is 1. The fraction of sp³-hybridized carbons (Fsp3) is 0.318. The normalized spacial score (nSPS) is 13.1. The maximum atomic E-state index is 12.1. The monoisotopic (exact) mass is 393 g/mol. The summed E-state index contributed by atoms with van der Waals surface area (Å²) in [6.45, 7) is 1.10. The number of nitrogens with zero attached hydrogens (tertiary/aromatic N) is 2. The Morgan fingerprint density at radius 2 is 2.00 bits per heavy atom. The maximum absolute atomic E-state index is 12.1. The van der Waals surface area contributed by atoms with Crippen LogP contribution in [0.1, 0.15) is 31.2 Å². The van der Waals surface area contributed by atoms with Crippen LogP contribution >= 0.6 is 0 Å². The maximum Gasteiger partial charge on any atom is 0.227 e. The number of carbonyl (C=O) groups excluding carboxylic acids is 2. The molecule has 150 valence electrons. The molecule has 2 aromatic rings. The Morgan fingerprint density at radius 1 is 1.21 bits per heavy atom. The summed E-state index contributed by atoms with van der Waals surface area (Å²) in [5, 5.41) is 11.8. The quantitative estimate of drug-likeness (QED) is 0.693. The Balaban J connectivity index is 1.43. The number of nitrogens with one attached hydrogen (secondary N) is 1. The van der Waals surface area contributed by atoms with Crippen molar-refractivity contribution >= 4 is 23.2 Å². The van der Waals surface area contributed by atoms with Crippen molar-refractivity contribution in [3.8, 4) is 17.6 Å². The van der Waals surface area contributed by atoms with Crippen molar-refractivity contribution in [2.45, 2.75) is 25.7 Å². The van der Waals surface area contributed by atoms with E-state index in [1.807, 2.05) is 18.2 Å². The highest BCUT2D eigenvalue weighted by molar-refractivity contribution is 5.96. The molecule has 0 radical (unpaired) electrons. The topological polar surface area (TPSA) is 91.7 Å². The van der Waals surface area contributed by atoms with E-state index < -0.39 is 0 Å². The van der Waals surface area contributed by atoms with Crippen LogP contribution < -0.4 is 19.7 Å². The zero-order valence-corrected chi connectivity index (χ0v) is 16.3. The minimum Gasteiger partial charge on any atom is -0.493 e. The van der Waals surface area contributed by atoms with Crippen LogP contribution in [0.3, 0.4) is 0 Å². The Morgan fingerprint density at radius 3 is 2.66 bits per heavy atom. The largest absolute Gasteiger partial charge is 0.493 e. The van der Waals surface area contributed by atoms with Gasteiger partial charge in [0, 0.05) is 36.8 Å². The Labute approximate surface area is 169 Å². The van der Waals surface area contributed by atoms with E-state index in [2.05, 4.69) is 5.32 Å². The molecule has 2 amide bonds. The third-order valence-corrected chi connectivity index (χ3v) is 4.63. The average Bonchev–Trinajstić information content (AvgIpc) is 3.17. The molecule has 0 aliphatic carbocycles. The summed E-state index contributed by atoms with van der Waals surface area (Å²) >= 11 is 0. The molecule has 1 heterocycles. The highest BCUT2D eigenvalue weighted by Gasteiger charge is 2.21.